The summed E-state index contributed by atoms with van der Waals surface area (Å²) in [5, 5.41) is 3.68. The highest BCUT2D eigenvalue weighted by atomic mass is 15.0. The molecule has 0 saturated heterocycles. The Hall–Kier alpha value is -0.890. The predicted octanol–water partition coefficient (Wildman–Crippen LogP) is 3.45. The van der Waals surface area contributed by atoms with E-state index in [9.17, 15) is 0 Å². The van der Waals surface area contributed by atoms with Crippen LogP contribution in [0.25, 0.3) is 0 Å². The molecular weight excluding hydrogens is 196 g/mol. The van der Waals surface area contributed by atoms with Crippen LogP contribution in [0.5, 0.6) is 0 Å². The van der Waals surface area contributed by atoms with E-state index in [1.165, 1.54) is 24.8 Å². The molecule has 2 heteroatoms. The van der Waals surface area contributed by atoms with Crippen molar-refractivity contribution in [1.29, 1.82) is 0 Å². The van der Waals surface area contributed by atoms with E-state index in [0.29, 0.717) is 5.54 Å². The highest BCUT2D eigenvalue weighted by Crippen LogP contribution is 2.19. The molecule has 0 aliphatic heterocycles. The van der Waals surface area contributed by atoms with Gasteiger partial charge >= 0.3 is 0 Å². The lowest BCUT2D eigenvalue weighted by atomic mass is 9.89. The van der Waals surface area contributed by atoms with E-state index in [1.54, 1.807) is 0 Å². The van der Waals surface area contributed by atoms with E-state index in [4.69, 9.17) is 0 Å². The lowest BCUT2D eigenvalue weighted by Gasteiger charge is -2.32. The minimum Gasteiger partial charge on any atom is -0.307 e. The average molecular weight is 220 g/mol. The van der Waals surface area contributed by atoms with Gasteiger partial charge in [-0.15, -0.1) is 0 Å². The number of aromatic nitrogens is 1. The van der Waals surface area contributed by atoms with Crippen molar-refractivity contribution in [3.63, 3.8) is 0 Å². The van der Waals surface area contributed by atoms with E-state index < -0.39 is 0 Å². The number of nitrogens with zero attached hydrogens (tertiary/aromatic N) is 1. The third kappa shape index (κ3) is 3.31. The molecule has 0 unspecified atom stereocenters. The van der Waals surface area contributed by atoms with Gasteiger partial charge in [-0.2, -0.15) is 0 Å². The van der Waals surface area contributed by atoms with E-state index in [2.05, 4.69) is 43.2 Å². The van der Waals surface area contributed by atoms with E-state index in [-0.39, 0.29) is 0 Å². The second kappa shape index (κ2) is 6.00. The molecule has 0 bridgehead atoms. The number of pyridine rings is 1. The minimum atomic E-state index is 0.297. The van der Waals surface area contributed by atoms with Crippen molar-refractivity contribution in [2.45, 2.75) is 59.0 Å². The lowest BCUT2D eigenvalue weighted by molar-refractivity contribution is 0.288. The van der Waals surface area contributed by atoms with Crippen LogP contribution in [-0.2, 0) is 6.54 Å². The molecule has 0 aromatic carbocycles. The monoisotopic (exact) mass is 220 g/mol. The van der Waals surface area contributed by atoms with Crippen LogP contribution in [-0.4, -0.2) is 10.5 Å². The quantitative estimate of drug-likeness (QED) is 0.794. The fourth-order valence-electron chi connectivity index (χ4n) is 2.02. The Balaban J connectivity index is 2.58. The van der Waals surface area contributed by atoms with E-state index in [0.717, 1.165) is 12.2 Å². The van der Waals surface area contributed by atoms with Crippen LogP contribution in [0.15, 0.2) is 18.3 Å². The molecule has 16 heavy (non-hydrogen) atoms. The molecular formula is C14H24N2. The van der Waals surface area contributed by atoms with Gasteiger partial charge in [0.25, 0.3) is 0 Å². The van der Waals surface area contributed by atoms with Crippen molar-refractivity contribution in [2.75, 3.05) is 0 Å². The third-order valence-corrected chi connectivity index (χ3v) is 3.67. The van der Waals surface area contributed by atoms with E-state index >= 15 is 0 Å². The van der Waals surface area contributed by atoms with Gasteiger partial charge in [-0.05, 0) is 37.8 Å². The fourth-order valence-corrected chi connectivity index (χ4v) is 2.02. The van der Waals surface area contributed by atoms with Crippen molar-refractivity contribution < 1.29 is 0 Å². The first-order chi connectivity index (χ1) is 7.65. The number of nitrogens with one attached hydrogen (secondary N) is 1. The Morgan fingerprint density at radius 3 is 2.19 bits per heavy atom. The summed E-state index contributed by atoms with van der Waals surface area (Å²) in [4.78, 5) is 4.32. The maximum Gasteiger partial charge on any atom is 0.0372 e. The molecule has 1 aromatic heterocycles. The molecule has 1 rings (SSSR count). The van der Waals surface area contributed by atoms with Crippen LogP contribution < -0.4 is 5.32 Å². The highest BCUT2D eigenvalue weighted by molar-refractivity contribution is 5.13. The second-order valence-electron chi connectivity index (χ2n) is 4.50. The molecule has 0 aliphatic rings. The van der Waals surface area contributed by atoms with Crippen molar-refractivity contribution in [1.82, 2.24) is 10.3 Å². The van der Waals surface area contributed by atoms with Gasteiger partial charge in [0.1, 0.15) is 0 Å². The molecule has 0 spiro atoms. The summed E-state index contributed by atoms with van der Waals surface area (Å²) in [6, 6.07) is 4.23. The van der Waals surface area contributed by atoms with Crippen molar-refractivity contribution in [3.8, 4) is 0 Å². The van der Waals surface area contributed by atoms with E-state index in [1.807, 2.05) is 13.1 Å². The van der Waals surface area contributed by atoms with Crippen LogP contribution in [0.4, 0.5) is 0 Å². The summed E-state index contributed by atoms with van der Waals surface area (Å²) >= 11 is 0. The Morgan fingerprint density at radius 1 is 1.12 bits per heavy atom. The van der Waals surface area contributed by atoms with Gasteiger partial charge in [-0.25, -0.2) is 0 Å². The number of hydrogen-bond acceptors (Lipinski definition) is 2. The Kier molecular flexibility index (Phi) is 4.94. The van der Waals surface area contributed by atoms with Gasteiger partial charge in [-0.1, -0.05) is 26.8 Å². The summed E-state index contributed by atoms with van der Waals surface area (Å²) in [5.74, 6) is 0. The van der Waals surface area contributed by atoms with Crippen LogP contribution in [0.3, 0.4) is 0 Å². The van der Waals surface area contributed by atoms with Crippen molar-refractivity contribution in [2.24, 2.45) is 0 Å². The van der Waals surface area contributed by atoms with Gasteiger partial charge < -0.3 is 5.32 Å². The summed E-state index contributed by atoms with van der Waals surface area (Å²) < 4.78 is 0. The summed E-state index contributed by atoms with van der Waals surface area (Å²) in [6.07, 6.45) is 5.51. The predicted molar refractivity (Wildman–Crippen MR) is 69.4 cm³/mol. The topological polar surface area (TPSA) is 24.9 Å². The molecule has 0 amide bonds. The van der Waals surface area contributed by atoms with Gasteiger partial charge in [-0.3, -0.25) is 4.98 Å². The maximum atomic E-state index is 4.32. The summed E-state index contributed by atoms with van der Waals surface area (Å²) in [5.41, 5.74) is 2.65. The molecule has 1 aromatic rings. The summed E-state index contributed by atoms with van der Waals surface area (Å²) in [6.45, 7) is 9.71. The molecule has 1 heterocycles. The Labute approximate surface area is 99.5 Å². The first kappa shape index (κ1) is 13.2. The van der Waals surface area contributed by atoms with Crippen molar-refractivity contribution in [3.05, 3.63) is 29.6 Å². The van der Waals surface area contributed by atoms with Gasteiger partial charge in [0.15, 0.2) is 0 Å². The van der Waals surface area contributed by atoms with Gasteiger partial charge in [0, 0.05) is 24.0 Å². The molecule has 0 aliphatic carbocycles. The molecule has 2 nitrogen and oxygen atoms in total. The molecule has 0 atom stereocenters. The molecule has 1 N–H and O–H groups in total. The first-order valence-corrected chi connectivity index (χ1v) is 6.32. The zero-order valence-corrected chi connectivity index (χ0v) is 11.0. The number of hydrogen-bond donors (Lipinski definition) is 1. The largest absolute Gasteiger partial charge is 0.307 e. The van der Waals surface area contributed by atoms with Crippen LogP contribution in [0.1, 0.15) is 51.3 Å². The fraction of sp³-hybridized carbons (Fsp3) is 0.643. The molecule has 0 saturated carbocycles. The maximum absolute atomic E-state index is 4.32. The Bertz CT molecular complexity index is 291. The number of rotatable bonds is 6. The minimum absolute atomic E-state index is 0.297. The Morgan fingerprint density at radius 2 is 1.75 bits per heavy atom. The van der Waals surface area contributed by atoms with Gasteiger partial charge in [0.2, 0.25) is 0 Å². The smallest absolute Gasteiger partial charge is 0.0372 e. The summed E-state index contributed by atoms with van der Waals surface area (Å²) in [7, 11) is 0. The average Bonchev–Trinajstić information content (AvgIpc) is 2.34. The first-order valence-electron chi connectivity index (χ1n) is 6.32. The highest BCUT2D eigenvalue weighted by Gasteiger charge is 2.22. The molecule has 0 radical (unpaired) electrons. The molecule has 90 valence electrons. The number of aryl methyl sites for hydroxylation is 1. The van der Waals surface area contributed by atoms with Crippen LogP contribution in [0.2, 0.25) is 0 Å². The lowest BCUT2D eigenvalue weighted by Crippen LogP contribution is -2.43. The third-order valence-electron chi connectivity index (χ3n) is 3.67. The van der Waals surface area contributed by atoms with Gasteiger partial charge in [0.05, 0.1) is 0 Å². The SMILES string of the molecule is CCC(CC)(CC)NCc1ccc(C)nc1. The zero-order valence-electron chi connectivity index (χ0n) is 11.0. The molecule has 0 fully saturated rings. The zero-order chi connectivity index (χ0) is 12.0. The normalized spacial score (nSPS) is 11.8. The van der Waals surface area contributed by atoms with Crippen LogP contribution >= 0.6 is 0 Å². The van der Waals surface area contributed by atoms with Crippen LogP contribution in [0, 0.1) is 6.92 Å². The van der Waals surface area contributed by atoms with Crippen molar-refractivity contribution >= 4 is 0 Å². The second-order valence-corrected chi connectivity index (χ2v) is 4.50. The standard InChI is InChI=1S/C14H24N2/c1-5-14(6-2,7-3)16-11-13-9-8-12(4)15-10-13/h8-10,16H,5-7,11H2,1-4H3.